The molecule has 6 nitrogen and oxygen atoms in total. The van der Waals surface area contributed by atoms with Crippen molar-refractivity contribution >= 4 is 5.82 Å². The molecule has 1 aliphatic rings. The maximum atomic E-state index is 5.48. The van der Waals surface area contributed by atoms with Crippen LogP contribution in [0.1, 0.15) is 17.7 Å². The molecule has 1 atom stereocenters. The molecular formula is C18H24N4O2. The lowest BCUT2D eigenvalue weighted by Gasteiger charge is -2.19. The van der Waals surface area contributed by atoms with E-state index in [9.17, 15) is 0 Å². The Morgan fingerprint density at radius 2 is 2.08 bits per heavy atom. The second-order valence-electron chi connectivity index (χ2n) is 6.09. The van der Waals surface area contributed by atoms with E-state index in [0.717, 1.165) is 54.6 Å². The fraction of sp³-hybridized carbons (Fsp3) is 0.444. The molecule has 6 heteroatoms. The molecule has 24 heavy (non-hydrogen) atoms. The third-order valence-electron chi connectivity index (χ3n) is 4.31. The van der Waals surface area contributed by atoms with Gasteiger partial charge < -0.3 is 14.8 Å². The molecule has 1 aromatic carbocycles. The van der Waals surface area contributed by atoms with Crippen molar-refractivity contribution in [2.45, 2.75) is 25.9 Å². The quantitative estimate of drug-likeness (QED) is 0.879. The molecule has 1 aromatic heterocycles. The van der Waals surface area contributed by atoms with Gasteiger partial charge in [-0.2, -0.15) is 0 Å². The van der Waals surface area contributed by atoms with Gasteiger partial charge in [0.2, 0.25) is 0 Å². The van der Waals surface area contributed by atoms with Gasteiger partial charge in [0.25, 0.3) is 0 Å². The van der Waals surface area contributed by atoms with E-state index >= 15 is 0 Å². The first-order chi connectivity index (χ1) is 11.7. The molecule has 128 valence electrons. The van der Waals surface area contributed by atoms with Gasteiger partial charge in [-0.3, -0.25) is 4.90 Å². The van der Waals surface area contributed by atoms with E-state index in [1.165, 1.54) is 0 Å². The lowest BCUT2D eigenvalue weighted by molar-refractivity contribution is 0.317. The van der Waals surface area contributed by atoms with Gasteiger partial charge in [0.05, 0.1) is 14.2 Å². The monoisotopic (exact) mass is 328 g/mol. The van der Waals surface area contributed by atoms with Gasteiger partial charge >= 0.3 is 0 Å². The Labute approximate surface area is 142 Å². The normalized spacial score (nSPS) is 17.7. The van der Waals surface area contributed by atoms with Crippen LogP contribution in [0.3, 0.4) is 0 Å². The number of methoxy groups -OCH3 is 2. The Bertz CT molecular complexity index is 692. The highest BCUT2D eigenvalue weighted by Crippen LogP contribution is 2.27. The minimum Gasteiger partial charge on any atom is -0.497 e. The predicted octanol–water partition coefficient (Wildman–Crippen LogP) is 2.49. The largest absolute Gasteiger partial charge is 0.497 e. The zero-order chi connectivity index (χ0) is 16.9. The zero-order valence-corrected chi connectivity index (χ0v) is 14.5. The summed E-state index contributed by atoms with van der Waals surface area (Å²) < 4.78 is 10.8. The second kappa shape index (κ2) is 7.49. The standard InChI is InChI=1S/C18H24N4O2/c1-13-8-18(20-12-19-13)21-15-6-7-22(11-15)10-14-9-16(23-2)4-5-17(14)24-3/h4-5,8-9,12,15H,6-7,10-11H2,1-3H3,(H,19,20,21). The van der Waals surface area contributed by atoms with Crippen LogP contribution in [0.5, 0.6) is 11.5 Å². The molecule has 0 aliphatic carbocycles. The number of aryl methyl sites for hydroxylation is 1. The molecule has 0 saturated carbocycles. The highest BCUT2D eigenvalue weighted by molar-refractivity contribution is 5.40. The highest BCUT2D eigenvalue weighted by atomic mass is 16.5. The molecule has 3 rings (SSSR count). The third-order valence-corrected chi connectivity index (χ3v) is 4.31. The van der Waals surface area contributed by atoms with Crippen LogP contribution in [0.15, 0.2) is 30.6 Å². The molecular weight excluding hydrogens is 304 g/mol. The average molecular weight is 328 g/mol. The fourth-order valence-electron chi connectivity index (χ4n) is 3.08. The molecule has 2 heterocycles. The van der Waals surface area contributed by atoms with Crippen LogP contribution in [-0.2, 0) is 6.54 Å². The number of nitrogens with one attached hydrogen (secondary N) is 1. The van der Waals surface area contributed by atoms with Crippen molar-refractivity contribution in [1.29, 1.82) is 0 Å². The van der Waals surface area contributed by atoms with E-state index in [0.29, 0.717) is 6.04 Å². The average Bonchev–Trinajstić information content (AvgIpc) is 3.01. The summed E-state index contributed by atoms with van der Waals surface area (Å²) in [5, 5.41) is 3.50. The van der Waals surface area contributed by atoms with E-state index in [2.05, 4.69) is 20.2 Å². The summed E-state index contributed by atoms with van der Waals surface area (Å²) in [6, 6.07) is 8.31. The minimum atomic E-state index is 0.399. The number of hydrogen-bond acceptors (Lipinski definition) is 6. The Balaban J connectivity index is 1.62. The van der Waals surface area contributed by atoms with Crippen LogP contribution in [0.2, 0.25) is 0 Å². The number of anilines is 1. The van der Waals surface area contributed by atoms with Gasteiger partial charge in [-0.25, -0.2) is 9.97 Å². The van der Waals surface area contributed by atoms with Gasteiger partial charge in [-0.15, -0.1) is 0 Å². The van der Waals surface area contributed by atoms with E-state index in [-0.39, 0.29) is 0 Å². The zero-order valence-electron chi connectivity index (χ0n) is 14.5. The predicted molar refractivity (Wildman–Crippen MR) is 93.6 cm³/mol. The third kappa shape index (κ3) is 3.94. The number of hydrogen-bond donors (Lipinski definition) is 1. The van der Waals surface area contributed by atoms with Gasteiger partial charge in [0.1, 0.15) is 23.6 Å². The Hall–Kier alpha value is -2.34. The van der Waals surface area contributed by atoms with E-state index in [1.807, 2.05) is 31.2 Å². The summed E-state index contributed by atoms with van der Waals surface area (Å²) in [6.07, 6.45) is 2.70. The number of ether oxygens (including phenoxy) is 2. The Morgan fingerprint density at radius 3 is 2.83 bits per heavy atom. The molecule has 0 amide bonds. The van der Waals surface area contributed by atoms with Crippen molar-refractivity contribution in [2.75, 3.05) is 32.6 Å². The van der Waals surface area contributed by atoms with Crippen molar-refractivity contribution < 1.29 is 9.47 Å². The number of nitrogens with zero attached hydrogens (tertiary/aromatic N) is 3. The van der Waals surface area contributed by atoms with Crippen LogP contribution >= 0.6 is 0 Å². The van der Waals surface area contributed by atoms with Crippen molar-refractivity contribution in [2.24, 2.45) is 0 Å². The Kier molecular flexibility index (Phi) is 5.15. The summed E-state index contributed by atoms with van der Waals surface area (Å²) in [7, 11) is 3.39. The summed E-state index contributed by atoms with van der Waals surface area (Å²) in [5.74, 6) is 2.66. The summed E-state index contributed by atoms with van der Waals surface area (Å²) >= 11 is 0. The van der Waals surface area contributed by atoms with Gasteiger partial charge in [0.15, 0.2) is 0 Å². The number of likely N-dealkylation sites (tertiary alicyclic amines) is 1. The molecule has 1 saturated heterocycles. The van der Waals surface area contributed by atoms with Gasteiger partial charge in [-0.05, 0) is 31.5 Å². The minimum absolute atomic E-state index is 0.399. The molecule has 0 radical (unpaired) electrons. The van der Waals surface area contributed by atoms with Crippen molar-refractivity contribution in [3.63, 3.8) is 0 Å². The summed E-state index contributed by atoms with van der Waals surface area (Å²) in [4.78, 5) is 10.8. The van der Waals surface area contributed by atoms with Crippen molar-refractivity contribution in [1.82, 2.24) is 14.9 Å². The molecule has 2 aromatic rings. The fourth-order valence-corrected chi connectivity index (χ4v) is 3.08. The van der Waals surface area contributed by atoms with Crippen LogP contribution in [0.25, 0.3) is 0 Å². The smallest absolute Gasteiger partial charge is 0.129 e. The number of aromatic nitrogens is 2. The topological polar surface area (TPSA) is 59.5 Å². The highest BCUT2D eigenvalue weighted by Gasteiger charge is 2.23. The lowest BCUT2D eigenvalue weighted by atomic mass is 10.1. The molecule has 1 fully saturated rings. The molecule has 0 bridgehead atoms. The molecule has 0 spiro atoms. The maximum Gasteiger partial charge on any atom is 0.129 e. The number of rotatable bonds is 6. The van der Waals surface area contributed by atoms with E-state index < -0.39 is 0 Å². The summed E-state index contributed by atoms with van der Waals surface area (Å²) in [5.41, 5.74) is 2.12. The van der Waals surface area contributed by atoms with Gasteiger partial charge in [0, 0.05) is 43.0 Å². The second-order valence-corrected chi connectivity index (χ2v) is 6.09. The summed E-state index contributed by atoms with van der Waals surface area (Å²) in [6.45, 7) is 4.84. The maximum absolute atomic E-state index is 5.48. The van der Waals surface area contributed by atoms with Gasteiger partial charge in [-0.1, -0.05) is 0 Å². The molecule has 1 aliphatic heterocycles. The Morgan fingerprint density at radius 1 is 1.21 bits per heavy atom. The molecule has 1 N–H and O–H groups in total. The van der Waals surface area contributed by atoms with Crippen molar-refractivity contribution in [3.05, 3.63) is 41.9 Å². The lowest BCUT2D eigenvalue weighted by Crippen LogP contribution is -2.26. The number of benzene rings is 1. The SMILES string of the molecule is COc1ccc(OC)c(CN2CCC(Nc3cc(C)ncn3)C2)c1. The van der Waals surface area contributed by atoms with E-state index in [1.54, 1.807) is 20.5 Å². The first-order valence-corrected chi connectivity index (χ1v) is 8.16. The molecule has 1 unspecified atom stereocenters. The van der Waals surface area contributed by atoms with Crippen LogP contribution < -0.4 is 14.8 Å². The van der Waals surface area contributed by atoms with E-state index in [4.69, 9.17) is 9.47 Å². The first kappa shape index (κ1) is 16.5. The van der Waals surface area contributed by atoms with Crippen LogP contribution in [-0.4, -0.2) is 48.2 Å². The van der Waals surface area contributed by atoms with Crippen LogP contribution in [0, 0.1) is 6.92 Å². The first-order valence-electron chi connectivity index (χ1n) is 8.16. The van der Waals surface area contributed by atoms with Crippen molar-refractivity contribution in [3.8, 4) is 11.5 Å². The van der Waals surface area contributed by atoms with Crippen LogP contribution in [0.4, 0.5) is 5.82 Å².